The van der Waals surface area contributed by atoms with Gasteiger partial charge in [0.25, 0.3) is 5.91 Å². The van der Waals surface area contributed by atoms with E-state index in [2.05, 4.69) is 10.3 Å². The van der Waals surface area contributed by atoms with E-state index in [1.807, 2.05) is 20.8 Å². The first kappa shape index (κ1) is 13.2. The van der Waals surface area contributed by atoms with E-state index in [0.29, 0.717) is 18.7 Å². The molecule has 2 amide bonds. The number of nitrogens with zero attached hydrogens (tertiary/aromatic N) is 1. The lowest BCUT2D eigenvalue weighted by Crippen LogP contribution is -2.58. The number of nitrogens with two attached hydrogens (primary N) is 1. The second kappa shape index (κ2) is 4.16. The number of rotatable bonds is 1. The molecule has 1 fully saturated rings. The van der Waals surface area contributed by atoms with Crippen molar-refractivity contribution in [2.75, 3.05) is 0 Å². The molecule has 1 aliphatic heterocycles. The molecule has 5 heteroatoms. The summed E-state index contributed by atoms with van der Waals surface area (Å²) in [5.74, 6) is -0.205. The van der Waals surface area contributed by atoms with E-state index in [1.165, 1.54) is 0 Å². The van der Waals surface area contributed by atoms with Crippen LogP contribution in [0.4, 0.5) is 0 Å². The fourth-order valence-electron chi connectivity index (χ4n) is 2.55. The molecule has 18 heavy (non-hydrogen) atoms. The fourth-order valence-corrected chi connectivity index (χ4v) is 2.55. The Labute approximate surface area is 107 Å². The highest BCUT2D eigenvalue weighted by Crippen LogP contribution is 2.41. The van der Waals surface area contributed by atoms with Gasteiger partial charge in [0.05, 0.1) is 6.04 Å². The molecule has 2 rings (SSSR count). The average Bonchev–Trinajstić information content (AvgIpc) is 2.74. The molecule has 1 saturated carbocycles. The van der Waals surface area contributed by atoms with Gasteiger partial charge in [-0.3, -0.25) is 9.59 Å². The Morgan fingerprint density at radius 1 is 1.28 bits per heavy atom. The van der Waals surface area contributed by atoms with Crippen molar-refractivity contribution in [3.8, 4) is 0 Å². The number of amidine groups is 1. The van der Waals surface area contributed by atoms with Gasteiger partial charge in [-0.2, -0.15) is 4.99 Å². The van der Waals surface area contributed by atoms with Crippen molar-refractivity contribution in [3.05, 3.63) is 0 Å². The topological polar surface area (TPSA) is 84.5 Å². The number of amides is 2. The summed E-state index contributed by atoms with van der Waals surface area (Å²) in [6.07, 6.45) is 3.04. The predicted octanol–water partition coefficient (Wildman–Crippen LogP) is 0.975. The first-order valence-corrected chi connectivity index (χ1v) is 6.47. The molecule has 1 spiro atoms. The highest BCUT2D eigenvalue weighted by Gasteiger charge is 2.51. The average molecular weight is 251 g/mol. The molecule has 0 aromatic carbocycles. The van der Waals surface area contributed by atoms with Gasteiger partial charge >= 0.3 is 0 Å². The second-order valence-electron chi connectivity index (χ2n) is 6.39. The molecular weight excluding hydrogens is 230 g/mol. The first-order valence-electron chi connectivity index (χ1n) is 6.47. The molecule has 5 nitrogen and oxygen atoms in total. The van der Waals surface area contributed by atoms with Crippen LogP contribution in [0.25, 0.3) is 0 Å². The lowest BCUT2D eigenvalue weighted by atomic mass is 9.81. The standard InChI is InChI=1S/C13H21N3O2/c1-12(2,3)8(14)9-15-10(17)13(11(18)16-9)6-4-5-7-13/h8H,4-7,14H2,1-3H3,(H,15,16,17,18). The second-order valence-corrected chi connectivity index (χ2v) is 6.39. The zero-order valence-electron chi connectivity index (χ0n) is 11.2. The minimum absolute atomic E-state index is 0.213. The molecule has 1 heterocycles. The number of carbonyl (C=O) groups is 2. The van der Waals surface area contributed by atoms with Crippen LogP contribution >= 0.6 is 0 Å². The molecule has 1 atom stereocenters. The number of hydrogen-bond acceptors (Lipinski definition) is 3. The Kier molecular flexibility index (Phi) is 3.05. The van der Waals surface area contributed by atoms with Crippen LogP contribution in [0.3, 0.4) is 0 Å². The summed E-state index contributed by atoms with van der Waals surface area (Å²) in [5.41, 5.74) is 4.89. The van der Waals surface area contributed by atoms with E-state index < -0.39 is 11.5 Å². The molecule has 1 aliphatic carbocycles. The maximum atomic E-state index is 12.2. The summed E-state index contributed by atoms with van der Waals surface area (Å²) < 4.78 is 0. The van der Waals surface area contributed by atoms with Crippen molar-refractivity contribution >= 4 is 17.6 Å². The fraction of sp³-hybridized carbons (Fsp3) is 0.769. The van der Waals surface area contributed by atoms with Gasteiger partial charge in [0.2, 0.25) is 5.91 Å². The van der Waals surface area contributed by atoms with Crippen molar-refractivity contribution in [3.63, 3.8) is 0 Å². The van der Waals surface area contributed by atoms with Crippen LogP contribution in [0.2, 0.25) is 0 Å². The smallest absolute Gasteiger partial charge is 0.263 e. The lowest BCUT2D eigenvalue weighted by molar-refractivity contribution is -0.141. The summed E-state index contributed by atoms with van der Waals surface area (Å²) in [6, 6.07) is -0.441. The third kappa shape index (κ3) is 1.96. The van der Waals surface area contributed by atoms with Gasteiger partial charge in [-0.05, 0) is 18.3 Å². The normalized spacial score (nSPS) is 25.0. The monoisotopic (exact) mass is 251 g/mol. The molecule has 0 radical (unpaired) electrons. The molecule has 1 unspecified atom stereocenters. The van der Waals surface area contributed by atoms with Crippen LogP contribution in [0.5, 0.6) is 0 Å². The van der Waals surface area contributed by atoms with Crippen LogP contribution in [0, 0.1) is 10.8 Å². The van der Waals surface area contributed by atoms with Gasteiger partial charge in [-0.15, -0.1) is 0 Å². The van der Waals surface area contributed by atoms with Crippen molar-refractivity contribution in [1.82, 2.24) is 5.32 Å². The van der Waals surface area contributed by atoms with Crippen molar-refractivity contribution < 1.29 is 9.59 Å². The van der Waals surface area contributed by atoms with Gasteiger partial charge in [-0.25, -0.2) is 0 Å². The van der Waals surface area contributed by atoms with E-state index in [-0.39, 0.29) is 17.2 Å². The Balaban J connectivity index is 2.29. The molecular formula is C13H21N3O2. The molecule has 3 N–H and O–H groups in total. The summed E-state index contributed by atoms with van der Waals surface area (Å²) in [7, 11) is 0. The molecule has 0 aromatic rings. The van der Waals surface area contributed by atoms with Crippen LogP contribution < -0.4 is 11.1 Å². The number of hydrogen-bond donors (Lipinski definition) is 2. The Morgan fingerprint density at radius 2 is 1.83 bits per heavy atom. The first-order chi connectivity index (χ1) is 8.27. The quantitative estimate of drug-likeness (QED) is 0.681. The summed E-state index contributed by atoms with van der Waals surface area (Å²) >= 11 is 0. The number of carbonyl (C=O) groups excluding carboxylic acids is 2. The lowest BCUT2D eigenvalue weighted by Gasteiger charge is -2.34. The molecule has 0 saturated heterocycles. The van der Waals surface area contributed by atoms with Crippen molar-refractivity contribution in [1.29, 1.82) is 0 Å². The van der Waals surface area contributed by atoms with Crippen LogP contribution in [-0.4, -0.2) is 23.7 Å². The predicted molar refractivity (Wildman–Crippen MR) is 68.9 cm³/mol. The van der Waals surface area contributed by atoms with Crippen molar-refractivity contribution in [2.24, 2.45) is 21.6 Å². The third-order valence-corrected chi connectivity index (χ3v) is 3.99. The molecule has 2 aliphatic rings. The summed E-state index contributed by atoms with van der Waals surface area (Å²) in [6.45, 7) is 5.87. The minimum Gasteiger partial charge on any atom is -0.321 e. The Morgan fingerprint density at radius 3 is 2.28 bits per heavy atom. The van der Waals surface area contributed by atoms with Gasteiger partial charge < -0.3 is 11.1 Å². The number of aliphatic imine (C=N–C) groups is 1. The Bertz CT molecular complexity index is 414. The summed E-state index contributed by atoms with van der Waals surface area (Å²) in [5, 5.41) is 2.75. The van der Waals surface area contributed by atoms with Gasteiger partial charge in [0.1, 0.15) is 11.3 Å². The molecule has 0 aromatic heterocycles. The van der Waals surface area contributed by atoms with E-state index in [4.69, 9.17) is 5.73 Å². The summed E-state index contributed by atoms with van der Waals surface area (Å²) in [4.78, 5) is 28.4. The van der Waals surface area contributed by atoms with E-state index in [1.54, 1.807) is 0 Å². The van der Waals surface area contributed by atoms with Crippen LogP contribution in [0.15, 0.2) is 4.99 Å². The van der Waals surface area contributed by atoms with Gasteiger partial charge in [-0.1, -0.05) is 33.6 Å². The van der Waals surface area contributed by atoms with Crippen LogP contribution in [-0.2, 0) is 9.59 Å². The van der Waals surface area contributed by atoms with Gasteiger partial charge in [0.15, 0.2) is 0 Å². The zero-order chi connectivity index (χ0) is 13.6. The highest BCUT2D eigenvalue weighted by molar-refractivity contribution is 6.20. The minimum atomic E-state index is -0.902. The van der Waals surface area contributed by atoms with Crippen LogP contribution in [0.1, 0.15) is 46.5 Å². The molecule has 100 valence electrons. The third-order valence-electron chi connectivity index (χ3n) is 3.99. The SMILES string of the molecule is CC(C)(C)C(N)C1=NC(=O)C2(CCCC2)C(=O)N1. The van der Waals surface area contributed by atoms with Crippen molar-refractivity contribution in [2.45, 2.75) is 52.5 Å². The largest absolute Gasteiger partial charge is 0.321 e. The maximum absolute atomic E-state index is 12.2. The Hall–Kier alpha value is -1.23. The van der Waals surface area contributed by atoms with E-state index in [0.717, 1.165) is 12.8 Å². The van der Waals surface area contributed by atoms with Gasteiger partial charge in [0, 0.05) is 0 Å². The zero-order valence-corrected chi connectivity index (χ0v) is 11.2. The van der Waals surface area contributed by atoms with E-state index >= 15 is 0 Å². The highest BCUT2D eigenvalue weighted by atomic mass is 16.2. The molecule has 0 bridgehead atoms. The maximum Gasteiger partial charge on any atom is 0.263 e. The van der Waals surface area contributed by atoms with E-state index in [9.17, 15) is 9.59 Å². The number of nitrogens with one attached hydrogen (secondary N) is 1.